The van der Waals surface area contributed by atoms with Crippen LogP contribution in [0.5, 0.6) is 11.5 Å². The number of methoxy groups -OCH3 is 1. The van der Waals surface area contributed by atoms with Gasteiger partial charge in [-0.1, -0.05) is 20.3 Å². The van der Waals surface area contributed by atoms with E-state index in [0.29, 0.717) is 5.92 Å². The van der Waals surface area contributed by atoms with Crippen molar-refractivity contribution in [1.82, 2.24) is 0 Å². The highest BCUT2D eigenvalue weighted by atomic mass is 16.5. The van der Waals surface area contributed by atoms with Gasteiger partial charge in [-0.05, 0) is 48.9 Å². The Kier molecular flexibility index (Phi) is 6.37. The predicted molar refractivity (Wildman–Crippen MR) is 85.2 cm³/mol. The fraction of sp³-hybridized carbons (Fsp3) is 0.667. The van der Waals surface area contributed by atoms with Gasteiger partial charge in [-0.15, -0.1) is 0 Å². The quantitative estimate of drug-likeness (QED) is 0.790. The molecule has 2 unspecified atom stereocenters. The van der Waals surface area contributed by atoms with Crippen LogP contribution in [0.1, 0.15) is 38.7 Å². The first kappa shape index (κ1) is 16.2. The predicted octanol–water partition coefficient (Wildman–Crippen LogP) is 4.09. The summed E-state index contributed by atoms with van der Waals surface area (Å²) >= 11 is 0. The Morgan fingerprint density at radius 1 is 1.24 bits per heavy atom. The smallest absolute Gasteiger partial charge is 0.122 e. The van der Waals surface area contributed by atoms with Gasteiger partial charge in [0, 0.05) is 12.5 Å². The first-order chi connectivity index (χ1) is 10.3. The van der Waals surface area contributed by atoms with Crippen LogP contribution < -0.4 is 9.47 Å². The molecule has 0 aliphatic carbocycles. The normalized spacial score (nSPS) is 22.6. The molecule has 3 nitrogen and oxygen atoms in total. The van der Waals surface area contributed by atoms with Gasteiger partial charge >= 0.3 is 0 Å². The van der Waals surface area contributed by atoms with Gasteiger partial charge in [0.05, 0.1) is 20.3 Å². The lowest BCUT2D eigenvalue weighted by Crippen LogP contribution is -2.24. The molecule has 0 bridgehead atoms. The highest BCUT2D eigenvalue weighted by molar-refractivity contribution is 5.40. The topological polar surface area (TPSA) is 27.7 Å². The number of hydrogen-bond acceptors (Lipinski definition) is 3. The highest BCUT2D eigenvalue weighted by Crippen LogP contribution is 2.28. The Morgan fingerprint density at radius 2 is 2.10 bits per heavy atom. The fourth-order valence-corrected chi connectivity index (χ4v) is 3.07. The van der Waals surface area contributed by atoms with E-state index in [1.54, 1.807) is 7.11 Å². The van der Waals surface area contributed by atoms with Crippen LogP contribution in [-0.2, 0) is 11.2 Å². The van der Waals surface area contributed by atoms with E-state index in [2.05, 4.69) is 19.9 Å². The van der Waals surface area contributed by atoms with E-state index in [1.165, 1.54) is 24.8 Å². The number of benzene rings is 1. The van der Waals surface area contributed by atoms with Crippen molar-refractivity contribution in [3.63, 3.8) is 0 Å². The Morgan fingerprint density at radius 3 is 2.81 bits per heavy atom. The van der Waals surface area contributed by atoms with Crippen molar-refractivity contribution < 1.29 is 14.2 Å². The molecule has 1 aliphatic rings. The van der Waals surface area contributed by atoms with Crippen LogP contribution in [0.3, 0.4) is 0 Å². The molecule has 118 valence electrons. The largest absolute Gasteiger partial charge is 0.497 e. The van der Waals surface area contributed by atoms with Gasteiger partial charge in [0.25, 0.3) is 0 Å². The van der Waals surface area contributed by atoms with Gasteiger partial charge in [0.15, 0.2) is 0 Å². The zero-order chi connectivity index (χ0) is 15.1. The Labute approximate surface area is 128 Å². The Hall–Kier alpha value is -1.22. The zero-order valence-corrected chi connectivity index (χ0v) is 13.6. The number of ether oxygens (including phenoxy) is 3. The summed E-state index contributed by atoms with van der Waals surface area (Å²) in [7, 11) is 1.70. The van der Waals surface area contributed by atoms with E-state index in [-0.39, 0.29) is 0 Å². The minimum atomic E-state index is 0.504. The van der Waals surface area contributed by atoms with Crippen LogP contribution in [-0.4, -0.2) is 26.9 Å². The van der Waals surface area contributed by atoms with E-state index < -0.39 is 0 Å². The number of aryl methyl sites for hydroxylation is 1. The molecule has 1 aromatic rings. The summed E-state index contributed by atoms with van der Waals surface area (Å²) in [5, 5.41) is 0. The van der Waals surface area contributed by atoms with Crippen molar-refractivity contribution in [2.24, 2.45) is 11.8 Å². The molecule has 1 heterocycles. The van der Waals surface area contributed by atoms with Gasteiger partial charge in [0.1, 0.15) is 11.5 Å². The van der Waals surface area contributed by atoms with Crippen LogP contribution in [0.2, 0.25) is 0 Å². The van der Waals surface area contributed by atoms with Gasteiger partial charge in [-0.2, -0.15) is 0 Å². The van der Waals surface area contributed by atoms with Gasteiger partial charge in [-0.25, -0.2) is 0 Å². The molecule has 0 saturated carbocycles. The molecule has 0 amide bonds. The third-order valence-corrected chi connectivity index (χ3v) is 4.49. The van der Waals surface area contributed by atoms with Crippen molar-refractivity contribution in [1.29, 1.82) is 0 Å². The van der Waals surface area contributed by atoms with Crippen LogP contribution in [0.4, 0.5) is 0 Å². The third kappa shape index (κ3) is 4.37. The van der Waals surface area contributed by atoms with E-state index in [9.17, 15) is 0 Å². The van der Waals surface area contributed by atoms with E-state index in [4.69, 9.17) is 14.2 Å². The molecule has 1 fully saturated rings. The SMILES string of the molecule is CCc1cc(OC)ccc1OCC1COCCCC1CC. The molecule has 0 aromatic heterocycles. The maximum absolute atomic E-state index is 6.12. The molecular formula is C18H28O3. The van der Waals surface area contributed by atoms with Crippen molar-refractivity contribution in [2.45, 2.75) is 39.5 Å². The fourth-order valence-electron chi connectivity index (χ4n) is 3.07. The molecule has 1 aliphatic heterocycles. The van der Waals surface area contributed by atoms with Crippen molar-refractivity contribution >= 4 is 0 Å². The van der Waals surface area contributed by atoms with Gasteiger partial charge in [0.2, 0.25) is 0 Å². The second-order valence-electron chi connectivity index (χ2n) is 5.78. The molecular weight excluding hydrogens is 264 g/mol. The summed E-state index contributed by atoms with van der Waals surface area (Å²) in [6.45, 7) is 6.89. The van der Waals surface area contributed by atoms with Crippen molar-refractivity contribution in [3.05, 3.63) is 23.8 Å². The molecule has 2 rings (SSSR count). The second-order valence-corrected chi connectivity index (χ2v) is 5.78. The molecule has 0 N–H and O–H groups in total. The van der Waals surface area contributed by atoms with E-state index in [0.717, 1.165) is 43.7 Å². The molecule has 0 radical (unpaired) electrons. The zero-order valence-electron chi connectivity index (χ0n) is 13.6. The molecule has 0 spiro atoms. The summed E-state index contributed by atoms with van der Waals surface area (Å²) in [6.07, 6.45) is 4.59. The molecule has 3 heteroatoms. The average Bonchev–Trinajstić information content (AvgIpc) is 2.77. The lowest BCUT2D eigenvalue weighted by atomic mass is 9.88. The van der Waals surface area contributed by atoms with Gasteiger partial charge < -0.3 is 14.2 Å². The maximum Gasteiger partial charge on any atom is 0.122 e. The lowest BCUT2D eigenvalue weighted by Gasteiger charge is -2.24. The first-order valence-corrected chi connectivity index (χ1v) is 8.15. The average molecular weight is 292 g/mol. The summed E-state index contributed by atoms with van der Waals surface area (Å²) < 4.78 is 17.1. The van der Waals surface area contributed by atoms with Crippen molar-refractivity contribution in [2.75, 3.05) is 26.9 Å². The van der Waals surface area contributed by atoms with Crippen LogP contribution in [0.25, 0.3) is 0 Å². The molecule has 1 saturated heterocycles. The minimum Gasteiger partial charge on any atom is -0.497 e. The molecule has 21 heavy (non-hydrogen) atoms. The van der Waals surface area contributed by atoms with Crippen LogP contribution in [0, 0.1) is 11.8 Å². The Bertz CT molecular complexity index is 430. The van der Waals surface area contributed by atoms with E-state index in [1.807, 2.05) is 12.1 Å². The van der Waals surface area contributed by atoms with Crippen LogP contribution >= 0.6 is 0 Å². The highest BCUT2D eigenvalue weighted by Gasteiger charge is 2.23. The number of rotatable bonds is 6. The van der Waals surface area contributed by atoms with E-state index >= 15 is 0 Å². The summed E-state index contributed by atoms with van der Waals surface area (Å²) in [6, 6.07) is 6.06. The van der Waals surface area contributed by atoms with Gasteiger partial charge in [-0.3, -0.25) is 0 Å². The van der Waals surface area contributed by atoms with Crippen LogP contribution in [0.15, 0.2) is 18.2 Å². The summed E-state index contributed by atoms with van der Waals surface area (Å²) in [5.74, 6) is 3.10. The third-order valence-electron chi connectivity index (χ3n) is 4.49. The molecule has 1 aromatic carbocycles. The maximum atomic E-state index is 6.12. The lowest BCUT2D eigenvalue weighted by molar-refractivity contribution is 0.0769. The standard InChI is InChI=1S/C18H28O3/c1-4-14-7-6-10-20-12-16(14)13-21-18-9-8-17(19-3)11-15(18)5-2/h8-9,11,14,16H,4-7,10,12-13H2,1-3H3. The monoisotopic (exact) mass is 292 g/mol. The molecule has 2 atom stereocenters. The minimum absolute atomic E-state index is 0.504. The summed E-state index contributed by atoms with van der Waals surface area (Å²) in [4.78, 5) is 0. The van der Waals surface area contributed by atoms with Crippen molar-refractivity contribution in [3.8, 4) is 11.5 Å². The second kappa shape index (κ2) is 8.28. The Balaban J connectivity index is 2.00. The number of hydrogen-bond donors (Lipinski definition) is 0. The summed E-state index contributed by atoms with van der Waals surface area (Å²) in [5.41, 5.74) is 1.21. The first-order valence-electron chi connectivity index (χ1n) is 8.15.